The van der Waals surface area contributed by atoms with Crippen LogP contribution in [0.2, 0.25) is 0 Å². The van der Waals surface area contributed by atoms with Crippen molar-refractivity contribution >= 4 is 21.5 Å². The van der Waals surface area contributed by atoms with Gasteiger partial charge in [0.05, 0.1) is 10.8 Å². The van der Waals surface area contributed by atoms with Gasteiger partial charge in [-0.2, -0.15) is 4.79 Å². The second-order valence-corrected chi connectivity index (χ2v) is 6.77. The number of hydrogen-bond acceptors (Lipinski definition) is 4. The second kappa shape index (κ2) is 5.52. The standard InChI is InChI=1S/C12H13N3O4S/c13-15-11(12(16)17)8-5-6-10(14-7-8)20(18,19)9-3-1-2-4-9/h5-7,9H,1-4H2,(H,16,17). The summed E-state index contributed by atoms with van der Waals surface area (Å²) in [7, 11) is -3.47. The average molecular weight is 295 g/mol. The van der Waals surface area contributed by atoms with Crippen LogP contribution < -0.4 is 0 Å². The van der Waals surface area contributed by atoms with Gasteiger partial charge in [0.1, 0.15) is 0 Å². The van der Waals surface area contributed by atoms with Gasteiger partial charge >= 0.3 is 11.7 Å². The maximum absolute atomic E-state index is 12.3. The van der Waals surface area contributed by atoms with Crippen molar-refractivity contribution in [1.82, 2.24) is 4.98 Å². The molecule has 106 valence electrons. The molecule has 1 aromatic heterocycles. The minimum Gasteiger partial charge on any atom is -0.472 e. The molecular formula is C12H13N3O4S. The summed E-state index contributed by atoms with van der Waals surface area (Å²) in [5.74, 6) is -1.42. The van der Waals surface area contributed by atoms with E-state index in [0.29, 0.717) is 12.8 Å². The molecule has 20 heavy (non-hydrogen) atoms. The van der Waals surface area contributed by atoms with Gasteiger partial charge in [-0.3, -0.25) is 0 Å². The van der Waals surface area contributed by atoms with E-state index in [0.717, 1.165) is 19.0 Å². The van der Waals surface area contributed by atoms with Crippen LogP contribution >= 0.6 is 0 Å². The molecule has 1 aromatic rings. The van der Waals surface area contributed by atoms with Gasteiger partial charge in [-0.1, -0.05) is 12.8 Å². The Morgan fingerprint density at radius 3 is 2.45 bits per heavy atom. The fraction of sp³-hybridized carbons (Fsp3) is 0.417. The number of aliphatic carboxylic acids is 1. The van der Waals surface area contributed by atoms with E-state index in [9.17, 15) is 13.2 Å². The number of carbonyl (C=O) groups is 1. The Balaban J connectivity index is 2.33. The molecule has 0 atom stereocenters. The predicted octanol–water partition coefficient (Wildman–Crippen LogP) is 0.901. The molecular weight excluding hydrogens is 282 g/mol. The molecule has 0 aromatic carbocycles. The summed E-state index contributed by atoms with van der Waals surface area (Å²) in [6.07, 6.45) is 4.13. The highest BCUT2D eigenvalue weighted by Gasteiger charge is 2.32. The van der Waals surface area contributed by atoms with E-state index in [1.165, 1.54) is 12.1 Å². The number of aromatic nitrogens is 1. The molecule has 0 bridgehead atoms. The fourth-order valence-corrected chi connectivity index (χ4v) is 4.03. The molecule has 1 fully saturated rings. The van der Waals surface area contributed by atoms with Crippen LogP contribution in [0, 0.1) is 0 Å². The number of pyridine rings is 1. The molecule has 8 heteroatoms. The average Bonchev–Trinajstić information content (AvgIpc) is 2.94. The second-order valence-electron chi connectivity index (χ2n) is 4.59. The topological polar surface area (TPSA) is 121 Å². The molecule has 1 saturated carbocycles. The van der Waals surface area contributed by atoms with Crippen LogP contribution in [0.4, 0.5) is 0 Å². The number of sulfone groups is 1. The molecule has 1 heterocycles. The first-order chi connectivity index (χ1) is 9.46. The van der Waals surface area contributed by atoms with Gasteiger partial charge in [0.25, 0.3) is 0 Å². The monoisotopic (exact) mass is 295 g/mol. The summed E-state index contributed by atoms with van der Waals surface area (Å²) in [4.78, 5) is 17.2. The highest BCUT2D eigenvalue weighted by molar-refractivity contribution is 7.92. The summed E-state index contributed by atoms with van der Waals surface area (Å²) < 4.78 is 24.5. The molecule has 1 aliphatic carbocycles. The Morgan fingerprint density at radius 2 is 2.00 bits per heavy atom. The first kappa shape index (κ1) is 14.4. The van der Waals surface area contributed by atoms with Crippen LogP contribution in [0.5, 0.6) is 0 Å². The number of carboxylic acids is 1. The van der Waals surface area contributed by atoms with Gasteiger partial charge in [0, 0.05) is 6.20 Å². The first-order valence-electron chi connectivity index (χ1n) is 6.12. The van der Waals surface area contributed by atoms with Crippen LogP contribution in [0.25, 0.3) is 5.53 Å². The smallest absolute Gasteiger partial charge is 0.419 e. The van der Waals surface area contributed by atoms with E-state index in [1.54, 1.807) is 0 Å². The number of carboxylic acid groups (broad SMARTS) is 1. The zero-order valence-electron chi connectivity index (χ0n) is 10.6. The molecule has 0 unspecified atom stereocenters. The van der Waals surface area contributed by atoms with E-state index >= 15 is 0 Å². The van der Waals surface area contributed by atoms with Crippen LogP contribution in [-0.2, 0) is 14.6 Å². The summed E-state index contributed by atoms with van der Waals surface area (Å²) in [6, 6.07) is 2.52. The number of nitrogens with zero attached hydrogens (tertiary/aromatic N) is 3. The van der Waals surface area contributed by atoms with Gasteiger partial charge < -0.3 is 10.6 Å². The quantitative estimate of drug-likeness (QED) is 0.502. The predicted molar refractivity (Wildman–Crippen MR) is 69.0 cm³/mol. The van der Waals surface area contributed by atoms with Crippen molar-refractivity contribution in [3.8, 4) is 0 Å². The minimum absolute atomic E-state index is 0.0466. The lowest BCUT2D eigenvalue weighted by Gasteiger charge is -2.09. The zero-order chi connectivity index (χ0) is 14.8. The Hall–Kier alpha value is -2.05. The summed E-state index contributed by atoms with van der Waals surface area (Å²) in [5.41, 5.74) is 8.08. The van der Waals surface area contributed by atoms with E-state index in [-0.39, 0.29) is 10.6 Å². The lowest BCUT2D eigenvalue weighted by Crippen LogP contribution is -2.20. The van der Waals surface area contributed by atoms with Gasteiger partial charge in [-0.15, -0.1) is 0 Å². The van der Waals surface area contributed by atoms with E-state index in [2.05, 4.69) is 9.77 Å². The van der Waals surface area contributed by atoms with E-state index in [1.807, 2.05) is 0 Å². The molecule has 1 N–H and O–H groups in total. The third kappa shape index (κ3) is 2.61. The Bertz CT molecular complexity index is 669. The molecule has 0 saturated heterocycles. The van der Waals surface area contributed by atoms with Crippen molar-refractivity contribution in [2.75, 3.05) is 0 Å². The highest BCUT2D eigenvalue weighted by atomic mass is 32.2. The third-order valence-corrected chi connectivity index (χ3v) is 5.52. The largest absolute Gasteiger partial charge is 0.472 e. The van der Waals surface area contributed by atoms with Crippen LogP contribution in [0.3, 0.4) is 0 Å². The van der Waals surface area contributed by atoms with Crippen molar-refractivity contribution in [2.24, 2.45) is 0 Å². The fourth-order valence-electron chi connectivity index (χ4n) is 2.28. The van der Waals surface area contributed by atoms with Crippen LogP contribution in [0.1, 0.15) is 31.2 Å². The summed E-state index contributed by atoms with van der Waals surface area (Å²) in [6.45, 7) is 0. The van der Waals surface area contributed by atoms with E-state index < -0.39 is 26.8 Å². The molecule has 2 rings (SSSR count). The molecule has 0 amide bonds. The molecule has 0 radical (unpaired) electrons. The van der Waals surface area contributed by atoms with Crippen LogP contribution in [0.15, 0.2) is 23.4 Å². The maximum atomic E-state index is 12.3. The van der Waals surface area contributed by atoms with Crippen LogP contribution in [-0.4, -0.2) is 40.2 Å². The van der Waals surface area contributed by atoms with Crippen molar-refractivity contribution in [2.45, 2.75) is 36.0 Å². The Kier molecular flexibility index (Phi) is 3.96. The molecule has 7 nitrogen and oxygen atoms in total. The Labute approximate surface area is 115 Å². The Morgan fingerprint density at radius 1 is 1.35 bits per heavy atom. The maximum Gasteiger partial charge on any atom is 0.419 e. The SMILES string of the molecule is [N-]=[N+]=C(C(=O)O)c1ccc(S(=O)(=O)C2CCCC2)nc1. The minimum atomic E-state index is -3.47. The highest BCUT2D eigenvalue weighted by Crippen LogP contribution is 2.28. The van der Waals surface area contributed by atoms with Crippen molar-refractivity contribution in [3.05, 3.63) is 29.4 Å². The number of rotatable bonds is 4. The lowest BCUT2D eigenvalue weighted by atomic mass is 10.2. The summed E-state index contributed by atoms with van der Waals surface area (Å²) in [5, 5.41) is 8.31. The van der Waals surface area contributed by atoms with Gasteiger partial charge in [0.2, 0.25) is 0 Å². The summed E-state index contributed by atoms with van der Waals surface area (Å²) >= 11 is 0. The van der Waals surface area contributed by atoms with Gasteiger partial charge in [-0.25, -0.2) is 18.2 Å². The van der Waals surface area contributed by atoms with Gasteiger partial charge in [-0.05, 0) is 25.0 Å². The van der Waals surface area contributed by atoms with Crippen molar-refractivity contribution in [3.63, 3.8) is 0 Å². The number of hydrogen-bond donors (Lipinski definition) is 1. The van der Waals surface area contributed by atoms with Gasteiger partial charge in [0.15, 0.2) is 14.9 Å². The van der Waals surface area contributed by atoms with E-state index in [4.69, 9.17) is 10.6 Å². The normalized spacial score (nSPS) is 15.8. The zero-order valence-corrected chi connectivity index (χ0v) is 11.4. The molecule has 1 aliphatic rings. The third-order valence-electron chi connectivity index (χ3n) is 3.34. The molecule has 0 aliphatic heterocycles. The van der Waals surface area contributed by atoms with Crippen molar-refractivity contribution in [1.29, 1.82) is 0 Å². The lowest BCUT2D eigenvalue weighted by molar-refractivity contribution is -0.133. The first-order valence-corrected chi connectivity index (χ1v) is 7.67. The van der Waals surface area contributed by atoms with Crippen molar-refractivity contribution < 1.29 is 23.1 Å². The molecule has 0 spiro atoms.